The monoisotopic (exact) mass is 469 g/mol. The second kappa shape index (κ2) is 9.09. The van der Waals surface area contributed by atoms with Gasteiger partial charge in [-0.15, -0.1) is 0 Å². The van der Waals surface area contributed by atoms with Crippen LogP contribution in [0.15, 0.2) is 52.4 Å². The number of anilines is 1. The van der Waals surface area contributed by atoms with E-state index in [2.05, 4.69) is 10.3 Å². The van der Waals surface area contributed by atoms with Gasteiger partial charge in [-0.05, 0) is 36.8 Å². The maximum Gasteiger partial charge on any atom is 0.244 e. The van der Waals surface area contributed by atoms with Gasteiger partial charge < -0.3 is 5.32 Å². The molecule has 0 spiro atoms. The number of aliphatic imine (C=N–C) groups is 1. The van der Waals surface area contributed by atoms with Gasteiger partial charge in [0.05, 0.1) is 16.0 Å². The summed E-state index contributed by atoms with van der Waals surface area (Å²) in [6.07, 6.45) is 0. The highest BCUT2D eigenvalue weighted by molar-refractivity contribution is 8.39. The van der Waals surface area contributed by atoms with E-state index in [4.69, 9.17) is 11.6 Å². The van der Waals surface area contributed by atoms with Crippen molar-refractivity contribution in [2.75, 3.05) is 19.4 Å². The summed E-state index contributed by atoms with van der Waals surface area (Å²) in [5, 5.41) is 2.46. The quantitative estimate of drug-likeness (QED) is 0.693. The van der Waals surface area contributed by atoms with E-state index in [0.29, 0.717) is 5.69 Å². The molecule has 0 radical (unpaired) electrons. The first-order valence-corrected chi connectivity index (χ1v) is 12.4. The second-order valence-electron chi connectivity index (χ2n) is 6.48. The van der Waals surface area contributed by atoms with Crippen LogP contribution in [0.5, 0.6) is 0 Å². The van der Waals surface area contributed by atoms with Gasteiger partial charge >= 0.3 is 0 Å². The summed E-state index contributed by atoms with van der Waals surface area (Å²) in [6, 6.07) is 12.3. The molecule has 0 aromatic heterocycles. The number of benzene rings is 2. The van der Waals surface area contributed by atoms with Crippen LogP contribution in [-0.4, -0.2) is 42.4 Å². The number of para-hydroxylation sites is 1. The zero-order valence-corrected chi connectivity index (χ0v) is 19.3. The number of halogens is 1. The predicted octanol–water partition coefficient (Wildman–Crippen LogP) is 4.59. The smallest absolute Gasteiger partial charge is 0.244 e. The average molecular weight is 470 g/mol. The zero-order valence-electron chi connectivity index (χ0n) is 16.0. The van der Waals surface area contributed by atoms with Crippen molar-refractivity contribution in [3.63, 3.8) is 0 Å². The summed E-state index contributed by atoms with van der Waals surface area (Å²) in [6.45, 7) is 1.79. The van der Waals surface area contributed by atoms with E-state index in [0.717, 1.165) is 20.1 Å². The van der Waals surface area contributed by atoms with Gasteiger partial charge in [-0.2, -0.15) is 0 Å². The molecule has 10 heteroatoms. The molecule has 29 heavy (non-hydrogen) atoms. The molecule has 6 nitrogen and oxygen atoms in total. The Hall–Kier alpha value is -1.52. The summed E-state index contributed by atoms with van der Waals surface area (Å²) < 4.78 is 26.7. The molecule has 1 N–H and O–H groups in total. The van der Waals surface area contributed by atoms with Gasteiger partial charge in [0.25, 0.3) is 0 Å². The Balaban J connectivity index is 1.72. The van der Waals surface area contributed by atoms with Crippen LogP contribution in [-0.2, 0) is 20.6 Å². The Morgan fingerprint density at radius 2 is 2.00 bits per heavy atom. The van der Waals surface area contributed by atoms with Gasteiger partial charge in [0.2, 0.25) is 15.9 Å². The highest BCUT2D eigenvalue weighted by atomic mass is 35.5. The minimum Gasteiger partial charge on any atom is -0.325 e. The lowest BCUT2D eigenvalue weighted by atomic mass is 10.2. The van der Waals surface area contributed by atoms with Crippen molar-refractivity contribution >= 4 is 66.8 Å². The third kappa shape index (κ3) is 5.16. The highest BCUT2D eigenvalue weighted by Gasteiger charge is 2.23. The first-order chi connectivity index (χ1) is 13.7. The van der Waals surface area contributed by atoms with Gasteiger partial charge in [0.15, 0.2) is 0 Å². The van der Waals surface area contributed by atoms with Gasteiger partial charge in [0, 0.05) is 25.5 Å². The van der Waals surface area contributed by atoms with E-state index in [9.17, 15) is 13.2 Å². The van der Waals surface area contributed by atoms with Gasteiger partial charge in [-0.25, -0.2) is 17.7 Å². The molecule has 3 rings (SSSR count). The number of carbonyl (C=O) groups is 1. The lowest BCUT2D eigenvalue weighted by molar-refractivity contribution is -0.115. The van der Waals surface area contributed by atoms with Crippen molar-refractivity contribution in [1.82, 2.24) is 4.31 Å². The standard InChI is InChI=1S/C19H20ClN3O3S3/c1-12(28-19-22-16-7-5-4-6-13(16)11-27-19)18(24)21-14-8-9-15(20)17(10-14)29(25,26)23(2)3/h4-10,12H,11H2,1-3H3,(H,21,24). The average Bonchev–Trinajstić information content (AvgIpc) is 2.69. The van der Waals surface area contributed by atoms with E-state index >= 15 is 0 Å². The molecule has 1 unspecified atom stereocenters. The van der Waals surface area contributed by atoms with Gasteiger partial charge in [-0.1, -0.05) is 53.3 Å². The number of nitrogens with one attached hydrogen (secondary N) is 1. The van der Waals surface area contributed by atoms with Crippen LogP contribution in [0.3, 0.4) is 0 Å². The summed E-state index contributed by atoms with van der Waals surface area (Å²) in [4.78, 5) is 17.2. The minimum absolute atomic E-state index is 0.0499. The number of amides is 1. The third-order valence-corrected chi connectivity index (χ3v) is 8.75. The second-order valence-corrected chi connectivity index (χ2v) is 11.6. The first kappa shape index (κ1) is 22.2. The number of carbonyl (C=O) groups excluding carboxylic acids is 1. The summed E-state index contributed by atoms with van der Waals surface area (Å²) >= 11 is 9.03. The molecule has 0 saturated heterocycles. The third-order valence-electron chi connectivity index (χ3n) is 4.16. The SMILES string of the molecule is CC(SC1=Nc2ccccc2CS1)C(=O)Nc1ccc(Cl)c(S(=O)(=O)N(C)C)c1. The fourth-order valence-electron chi connectivity index (χ4n) is 2.50. The Morgan fingerprint density at radius 1 is 1.28 bits per heavy atom. The lowest BCUT2D eigenvalue weighted by Gasteiger charge is -2.18. The number of nitrogens with zero attached hydrogens (tertiary/aromatic N) is 2. The van der Waals surface area contributed by atoms with Crippen molar-refractivity contribution in [3.8, 4) is 0 Å². The van der Waals surface area contributed by atoms with Crippen molar-refractivity contribution in [2.45, 2.75) is 22.8 Å². The van der Waals surface area contributed by atoms with Crippen LogP contribution in [0.2, 0.25) is 5.02 Å². The first-order valence-electron chi connectivity index (χ1n) is 8.67. The fourth-order valence-corrected chi connectivity index (χ4v) is 6.08. The van der Waals surface area contributed by atoms with Crippen molar-refractivity contribution in [3.05, 3.63) is 53.1 Å². The molecule has 1 amide bonds. The number of rotatable bonds is 5. The molecule has 1 atom stereocenters. The van der Waals surface area contributed by atoms with Gasteiger partial charge in [0.1, 0.15) is 9.27 Å². The Kier molecular flexibility index (Phi) is 6.95. The zero-order chi connectivity index (χ0) is 21.2. The van der Waals surface area contributed by atoms with Crippen LogP contribution in [0.25, 0.3) is 0 Å². The molecule has 0 fully saturated rings. The lowest BCUT2D eigenvalue weighted by Crippen LogP contribution is -2.25. The summed E-state index contributed by atoms with van der Waals surface area (Å²) in [5.74, 6) is 0.576. The van der Waals surface area contributed by atoms with Crippen molar-refractivity contribution < 1.29 is 13.2 Å². The number of sulfonamides is 1. The van der Waals surface area contributed by atoms with E-state index in [1.807, 2.05) is 24.3 Å². The maximum absolute atomic E-state index is 12.6. The number of hydrogen-bond donors (Lipinski definition) is 1. The molecule has 0 aliphatic carbocycles. The molecule has 2 aromatic rings. The maximum atomic E-state index is 12.6. The van der Waals surface area contributed by atoms with Crippen LogP contribution in [0.1, 0.15) is 12.5 Å². The number of hydrogen-bond acceptors (Lipinski definition) is 6. The van der Waals surface area contributed by atoms with Crippen LogP contribution < -0.4 is 5.32 Å². The number of fused-ring (bicyclic) bond motifs is 1. The molecule has 0 saturated carbocycles. The normalized spacial score (nSPS) is 14.9. The van der Waals surface area contributed by atoms with Crippen LogP contribution >= 0.6 is 35.1 Å². The van der Waals surface area contributed by atoms with Crippen LogP contribution in [0, 0.1) is 0 Å². The molecule has 1 aliphatic rings. The van der Waals surface area contributed by atoms with E-state index in [-0.39, 0.29) is 15.8 Å². The summed E-state index contributed by atoms with van der Waals surface area (Å²) in [5.41, 5.74) is 2.48. The molecular weight excluding hydrogens is 450 g/mol. The predicted molar refractivity (Wildman–Crippen MR) is 123 cm³/mol. The molecule has 1 heterocycles. The Bertz CT molecular complexity index is 1070. The van der Waals surface area contributed by atoms with E-state index < -0.39 is 15.3 Å². The molecule has 1 aliphatic heterocycles. The van der Waals surface area contributed by atoms with Gasteiger partial charge in [-0.3, -0.25) is 4.79 Å². The fraction of sp³-hybridized carbons (Fsp3) is 0.263. The molecule has 2 aromatic carbocycles. The Labute approximate surface area is 184 Å². The minimum atomic E-state index is -3.71. The Morgan fingerprint density at radius 3 is 2.72 bits per heavy atom. The topological polar surface area (TPSA) is 78.8 Å². The molecule has 0 bridgehead atoms. The number of thioether (sulfide) groups is 2. The van der Waals surface area contributed by atoms with Crippen LogP contribution in [0.4, 0.5) is 11.4 Å². The molecular formula is C19H20ClN3O3S3. The summed E-state index contributed by atoms with van der Waals surface area (Å²) in [7, 11) is -0.861. The van der Waals surface area contributed by atoms with Crippen molar-refractivity contribution in [1.29, 1.82) is 0 Å². The largest absolute Gasteiger partial charge is 0.325 e. The molecule has 154 valence electrons. The van der Waals surface area contributed by atoms with E-state index in [1.54, 1.807) is 24.8 Å². The highest BCUT2D eigenvalue weighted by Crippen LogP contribution is 2.36. The van der Waals surface area contributed by atoms with E-state index in [1.165, 1.54) is 43.6 Å². The van der Waals surface area contributed by atoms with Crippen molar-refractivity contribution in [2.24, 2.45) is 4.99 Å².